The number of anilines is 2. The highest BCUT2D eigenvalue weighted by molar-refractivity contribution is 7.19. The second-order valence-electron chi connectivity index (χ2n) is 6.01. The second-order valence-corrected chi connectivity index (χ2v) is 7.03. The summed E-state index contributed by atoms with van der Waals surface area (Å²) < 4.78 is 18.7. The Balaban J connectivity index is 1.95. The third kappa shape index (κ3) is 4.33. The van der Waals surface area contributed by atoms with Crippen molar-refractivity contribution in [3.05, 3.63) is 82.0 Å². The molecule has 0 saturated carbocycles. The van der Waals surface area contributed by atoms with Gasteiger partial charge in [-0.2, -0.15) is 0 Å². The van der Waals surface area contributed by atoms with E-state index in [-0.39, 0.29) is 21.1 Å². The maximum absolute atomic E-state index is 13.9. The summed E-state index contributed by atoms with van der Waals surface area (Å²) in [5.74, 6) is -2.30. The molecule has 2 aromatic carbocycles. The van der Waals surface area contributed by atoms with E-state index in [1.54, 1.807) is 43.3 Å². The standard InChI is InChI=1S/C21H17FN2O4S/c1-12-16(21(27)28-2)20(24-18(25)13-8-4-3-5-9-13)29-17(12)19(26)23-15-11-7-6-10-14(15)22/h3-11H,1-2H3,(H,23,26)(H,24,25). The van der Waals surface area contributed by atoms with Crippen LogP contribution in [0.15, 0.2) is 54.6 Å². The Labute approximate surface area is 170 Å². The van der Waals surface area contributed by atoms with Crippen molar-refractivity contribution >= 4 is 39.8 Å². The predicted molar refractivity (Wildman–Crippen MR) is 109 cm³/mol. The maximum atomic E-state index is 13.9. The molecule has 0 fully saturated rings. The number of benzene rings is 2. The van der Waals surface area contributed by atoms with Gasteiger partial charge in [0.1, 0.15) is 10.8 Å². The zero-order chi connectivity index (χ0) is 21.0. The summed E-state index contributed by atoms with van der Waals surface area (Å²) in [6.07, 6.45) is 0. The molecule has 29 heavy (non-hydrogen) atoms. The third-order valence-electron chi connectivity index (χ3n) is 4.13. The number of para-hydroxylation sites is 1. The fourth-order valence-corrected chi connectivity index (χ4v) is 3.76. The number of esters is 1. The Morgan fingerprint density at radius 2 is 1.59 bits per heavy atom. The van der Waals surface area contributed by atoms with Crippen LogP contribution in [0.25, 0.3) is 0 Å². The van der Waals surface area contributed by atoms with E-state index in [2.05, 4.69) is 10.6 Å². The number of methoxy groups -OCH3 is 1. The smallest absolute Gasteiger partial charge is 0.341 e. The van der Waals surface area contributed by atoms with Crippen LogP contribution in [0.4, 0.5) is 15.1 Å². The maximum Gasteiger partial charge on any atom is 0.341 e. The van der Waals surface area contributed by atoms with Crippen LogP contribution in [0.2, 0.25) is 0 Å². The summed E-state index contributed by atoms with van der Waals surface area (Å²) in [5, 5.41) is 5.32. The minimum atomic E-state index is -0.688. The van der Waals surface area contributed by atoms with Crippen molar-refractivity contribution in [3.63, 3.8) is 0 Å². The van der Waals surface area contributed by atoms with Gasteiger partial charge in [-0.25, -0.2) is 9.18 Å². The molecule has 0 aliphatic carbocycles. The van der Waals surface area contributed by atoms with Crippen molar-refractivity contribution < 1.29 is 23.5 Å². The molecule has 6 nitrogen and oxygen atoms in total. The first-order valence-corrected chi connectivity index (χ1v) is 9.38. The molecule has 0 bridgehead atoms. The van der Waals surface area contributed by atoms with Crippen molar-refractivity contribution in [1.29, 1.82) is 0 Å². The Morgan fingerprint density at radius 3 is 2.24 bits per heavy atom. The van der Waals surface area contributed by atoms with Crippen LogP contribution in [-0.2, 0) is 4.74 Å². The molecule has 148 valence electrons. The molecule has 0 unspecified atom stereocenters. The van der Waals surface area contributed by atoms with E-state index in [1.807, 2.05) is 0 Å². The summed E-state index contributed by atoms with van der Waals surface area (Å²) in [6, 6.07) is 14.2. The van der Waals surface area contributed by atoms with E-state index in [0.29, 0.717) is 11.1 Å². The summed E-state index contributed by atoms with van der Waals surface area (Å²) >= 11 is 0.919. The topological polar surface area (TPSA) is 84.5 Å². The monoisotopic (exact) mass is 412 g/mol. The molecule has 3 aromatic rings. The lowest BCUT2D eigenvalue weighted by atomic mass is 10.1. The molecule has 0 aliphatic heterocycles. The minimum Gasteiger partial charge on any atom is -0.465 e. The molecule has 0 radical (unpaired) electrons. The van der Waals surface area contributed by atoms with Crippen LogP contribution in [0.3, 0.4) is 0 Å². The molecule has 3 rings (SSSR count). The lowest BCUT2D eigenvalue weighted by Gasteiger charge is -2.06. The molecule has 0 atom stereocenters. The van der Waals surface area contributed by atoms with Crippen molar-refractivity contribution in [2.75, 3.05) is 17.7 Å². The second kappa shape index (κ2) is 8.66. The van der Waals surface area contributed by atoms with Crippen molar-refractivity contribution in [2.45, 2.75) is 6.92 Å². The van der Waals surface area contributed by atoms with Gasteiger partial charge >= 0.3 is 5.97 Å². The molecular formula is C21H17FN2O4S. The van der Waals surface area contributed by atoms with E-state index in [9.17, 15) is 18.8 Å². The lowest BCUT2D eigenvalue weighted by Crippen LogP contribution is -2.14. The number of ether oxygens (including phenoxy) is 1. The average molecular weight is 412 g/mol. The summed E-state index contributed by atoms with van der Waals surface area (Å²) in [5.41, 5.74) is 0.825. The van der Waals surface area contributed by atoms with Crippen LogP contribution >= 0.6 is 11.3 Å². The van der Waals surface area contributed by atoms with Gasteiger partial charge in [-0.05, 0) is 36.8 Å². The highest BCUT2D eigenvalue weighted by Crippen LogP contribution is 2.34. The Hall–Kier alpha value is -3.52. The van der Waals surface area contributed by atoms with E-state index < -0.39 is 23.6 Å². The van der Waals surface area contributed by atoms with Crippen LogP contribution in [0.5, 0.6) is 0 Å². The zero-order valence-corrected chi connectivity index (χ0v) is 16.4. The molecular weight excluding hydrogens is 395 g/mol. The van der Waals surface area contributed by atoms with Gasteiger partial charge in [-0.15, -0.1) is 11.3 Å². The van der Waals surface area contributed by atoms with Crippen LogP contribution < -0.4 is 10.6 Å². The number of carbonyl (C=O) groups is 3. The van der Waals surface area contributed by atoms with Gasteiger partial charge in [0, 0.05) is 5.56 Å². The zero-order valence-electron chi connectivity index (χ0n) is 15.6. The average Bonchev–Trinajstić information content (AvgIpc) is 3.05. The van der Waals surface area contributed by atoms with Crippen LogP contribution in [-0.4, -0.2) is 24.9 Å². The van der Waals surface area contributed by atoms with Gasteiger partial charge in [0.15, 0.2) is 0 Å². The molecule has 0 spiro atoms. The first kappa shape index (κ1) is 20.2. The highest BCUT2D eigenvalue weighted by atomic mass is 32.1. The third-order valence-corrected chi connectivity index (χ3v) is 5.33. The fourth-order valence-electron chi connectivity index (χ4n) is 2.67. The summed E-state index contributed by atoms with van der Waals surface area (Å²) in [6.45, 7) is 1.57. The van der Waals surface area contributed by atoms with E-state index in [0.717, 1.165) is 11.3 Å². The molecule has 0 aliphatic rings. The number of rotatable bonds is 5. The van der Waals surface area contributed by atoms with Gasteiger partial charge in [0.25, 0.3) is 11.8 Å². The van der Waals surface area contributed by atoms with Gasteiger partial charge in [-0.1, -0.05) is 30.3 Å². The van der Waals surface area contributed by atoms with E-state index in [1.165, 1.54) is 25.3 Å². The number of hydrogen-bond acceptors (Lipinski definition) is 5. The van der Waals surface area contributed by atoms with Crippen molar-refractivity contribution in [1.82, 2.24) is 0 Å². The molecule has 8 heteroatoms. The molecule has 0 saturated heterocycles. The number of halogens is 1. The first-order chi connectivity index (χ1) is 13.9. The predicted octanol–water partition coefficient (Wildman–Crippen LogP) is 4.49. The molecule has 1 heterocycles. The number of amides is 2. The number of hydrogen-bond donors (Lipinski definition) is 2. The quantitative estimate of drug-likeness (QED) is 0.605. The molecule has 1 aromatic heterocycles. The van der Waals surface area contributed by atoms with Crippen LogP contribution in [0, 0.1) is 12.7 Å². The number of thiophene rings is 1. The van der Waals surface area contributed by atoms with Gasteiger partial charge in [0.05, 0.1) is 23.2 Å². The van der Waals surface area contributed by atoms with Gasteiger partial charge < -0.3 is 15.4 Å². The first-order valence-electron chi connectivity index (χ1n) is 8.56. The Morgan fingerprint density at radius 1 is 0.931 bits per heavy atom. The van der Waals surface area contributed by atoms with Crippen molar-refractivity contribution in [3.8, 4) is 0 Å². The Kier molecular flexibility index (Phi) is 6.04. The SMILES string of the molecule is COC(=O)c1c(NC(=O)c2ccccc2)sc(C(=O)Nc2ccccc2F)c1C. The van der Waals surface area contributed by atoms with E-state index in [4.69, 9.17) is 4.74 Å². The Bertz CT molecular complexity index is 1080. The van der Waals surface area contributed by atoms with Crippen LogP contribution in [0.1, 0.15) is 36.0 Å². The minimum absolute atomic E-state index is 0.0137. The summed E-state index contributed by atoms with van der Waals surface area (Å²) in [4.78, 5) is 37.6. The highest BCUT2D eigenvalue weighted by Gasteiger charge is 2.27. The van der Waals surface area contributed by atoms with Crippen molar-refractivity contribution in [2.24, 2.45) is 0 Å². The number of carbonyl (C=O) groups excluding carboxylic acids is 3. The van der Waals surface area contributed by atoms with Gasteiger partial charge in [0.2, 0.25) is 0 Å². The molecule has 2 N–H and O–H groups in total. The molecule has 2 amide bonds. The van der Waals surface area contributed by atoms with Gasteiger partial charge in [-0.3, -0.25) is 9.59 Å². The summed E-state index contributed by atoms with van der Waals surface area (Å²) in [7, 11) is 1.21. The largest absolute Gasteiger partial charge is 0.465 e. The normalized spacial score (nSPS) is 10.3. The fraction of sp³-hybridized carbons (Fsp3) is 0.0952. The number of nitrogens with one attached hydrogen (secondary N) is 2. The van der Waals surface area contributed by atoms with E-state index >= 15 is 0 Å². The lowest BCUT2D eigenvalue weighted by molar-refractivity contribution is 0.0601.